The Morgan fingerprint density at radius 3 is 2.77 bits per heavy atom. The first kappa shape index (κ1) is 23.1. The molecule has 5 heteroatoms. The van der Waals surface area contributed by atoms with Crippen LogP contribution in [0.3, 0.4) is 0 Å². The van der Waals surface area contributed by atoms with Gasteiger partial charge in [0.05, 0.1) is 5.52 Å². The number of anilines is 2. The fourth-order valence-corrected chi connectivity index (χ4v) is 4.93. The standard InChI is InChI=1S/C30H31N3O2/c1-21-7-10-25(34)18-29(21)32-28-13-15-31-27-11-9-24(17-26(27)28)30(35)12-8-23-14-16-33(20-23)19-22-5-3-2-4-6-22/h2-7,9-11,13,15,17-18,23,34H,8,12,14,16,19-20H2,1H3,(H,31,32). The summed E-state index contributed by atoms with van der Waals surface area (Å²) < 4.78 is 0. The molecule has 1 fully saturated rings. The van der Waals surface area contributed by atoms with Crippen molar-refractivity contribution >= 4 is 28.1 Å². The summed E-state index contributed by atoms with van der Waals surface area (Å²) in [6, 6.07) is 23.5. The van der Waals surface area contributed by atoms with Crippen LogP contribution in [0, 0.1) is 12.8 Å². The third kappa shape index (κ3) is 5.52. The molecule has 0 amide bonds. The Hall–Kier alpha value is -3.70. The molecular weight excluding hydrogens is 434 g/mol. The molecule has 1 unspecified atom stereocenters. The Bertz CT molecular complexity index is 1340. The van der Waals surface area contributed by atoms with Crippen LogP contribution >= 0.6 is 0 Å². The third-order valence-electron chi connectivity index (χ3n) is 6.95. The fraction of sp³-hybridized carbons (Fsp3) is 0.267. The minimum absolute atomic E-state index is 0.178. The van der Waals surface area contributed by atoms with Crippen LogP contribution in [0.25, 0.3) is 10.9 Å². The van der Waals surface area contributed by atoms with Gasteiger partial charge >= 0.3 is 0 Å². The van der Waals surface area contributed by atoms with Crippen molar-refractivity contribution in [3.05, 3.63) is 95.7 Å². The number of aromatic nitrogens is 1. The lowest BCUT2D eigenvalue weighted by atomic mass is 9.97. The van der Waals surface area contributed by atoms with Gasteiger partial charge in [-0.15, -0.1) is 0 Å². The fourth-order valence-electron chi connectivity index (χ4n) is 4.93. The summed E-state index contributed by atoms with van der Waals surface area (Å²) in [6.07, 6.45) is 4.39. The number of hydrogen-bond acceptors (Lipinski definition) is 5. The Morgan fingerprint density at radius 1 is 1.06 bits per heavy atom. The van der Waals surface area contributed by atoms with E-state index < -0.39 is 0 Å². The maximum absolute atomic E-state index is 13.1. The van der Waals surface area contributed by atoms with Gasteiger partial charge in [0, 0.05) is 54.1 Å². The van der Waals surface area contributed by atoms with Gasteiger partial charge in [-0.3, -0.25) is 14.7 Å². The van der Waals surface area contributed by atoms with E-state index in [0.29, 0.717) is 12.3 Å². The summed E-state index contributed by atoms with van der Waals surface area (Å²) in [5, 5.41) is 14.2. The Balaban J connectivity index is 1.24. The van der Waals surface area contributed by atoms with Crippen LogP contribution in [-0.4, -0.2) is 33.9 Å². The number of Topliss-reactive ketones (excluding diaryl/α,β-unsaturated/α-hetero) is 1. The highest BCUT2D eigenvalue weighted by molar-refractivity contribution is 6.02. The highest BCUT2D eigenvalue weighted by atomic mass is 16.3. The van der Waals surface area contributed by atoms with E-state index in [0.717, 1.165) is 65.9 Å². The van der Waals surface area contributed by atoms with Gasteiger partial charge in [0.1, 0.15) is 5.75 Å². The summed E-state index contributed by atoms with van der Waals surface area (Å²) in [5.74, 6) is 0.953. The van der Waals surface area contributed by atoms with Crippen molar-refractivity contribution in [2.75, 3.05) is 18.4 Å². The van der Waals surface area contributed by atoms with Gasteiger partial charge in [-0.2, -0.15) is 0 Å². The van der Waals surface area contributed by atoms with Crippen LogP contribution in [0.15, 0.2) is 79.0 Å². The number of rotatable bonds is 8. The van der Waals surface area contributed by atoms with Crippen molar-refractivity contribution in [3.8, 4) is 5.75 Å². The molecule has 0 saturated carbocycles. The number of likely N-dealkylation sites (tertiary alicyclic amines) is 1. The number of aryl methyl sites for hydroxylation is 1. The molecule has 5 rings (SSSR count). The largest absolute Gasteiger partial charge is 0.508 e. The predicted octanol–water partition coefficient (Wildman–Crippen LogP) is 6.48. The minimum atomic E-state index is 0.178. The molecule has 1 atom stereocenters. The number of nitrogens with one attached hydrogen (secondary N) is 1. The number of carbonyl (C=O) groups is 1. The van der Waals surface area contributed by atoms with E-state index in [1.54, 1.807) is 18.3 Å². The molecule has 0 radical (unpaired) electrons. The Kier molecular flexibility index (Phi) is 6.77. The van der Waals surface area contributed by atoms with Gasteiger partial charge in [-0.25, -0.2) is 0 Å². The van der Waals surface area contributed by atoms with Crippen molar-refractivity contribution in [3.63, 3.8) is 0 Å². The molecule has 1 aromatic heterocycles. The molecular formula is C30H31N3O2. The third-order valence-corrected chi connectivity index (χ3v) is 6.95. The molecule has 0 bridgehead atoms. The topological polar surface area (TPSA) is 65.5 Å². The molecule has 178 valence electrons. The van der Waals surface area contributed by atoms with Crippen LogP contribution in [0.2, 0.25) is 0 Å². The number of hydrogen-bond donors (Lipinski definition) is 2. The van der Waals surface area contributed by atoms with E-state index in [1.807, 2.05) is 37.3 Å². The van der Waals surface area contributed by atoms with Crippen LogP contribution in [0.1, 0.15) is 40.7 Å². The average Bonchev–Trinajstić information content (AvgIpc) is 3.32. The molecule has 3 aromatic carbocycles. The maximum atomic E-state index is 13.1. The second-order valence-corrected chi connectivity index (χ2v) is 9.55. The number of aromatic hydroxyl groups is 1. The van der Waals surface area contributed by atoms with E-state index in [-0.39, 0.29) is 11.5 Å². The number of benzene rings is 3. The van der Waals surface area contributed by atoms with Gasteiger partial charge in [-0.1, -0.05) is 36.4 Å². The first-order chi connectivity index (χ1) is 17.0. The second-order valence-electron chi connectivity index (χ2n) is 9.55. The number of ketones is 1. The zero-order valence-corrected chi connectivity index (χ0v) is 20.1. The lowest BCUT2D eigenvalue weighted by molar-refractivity contribution is 0.0974. The summed E-state index contributed by atoms with van der Waals surface area (Å²) >= 11 is 0. The molecule has 1 aliphatic heterocycles. The highest BCUT2D eigenvalue weighted by Gasteiger charge is 2.23. The normalized spacial score (nSPS) is 16.0. The molecule has 0 spiro atoms. The first-order valence-electron chi connectivity index (χ1n) is 12.3. The zero-order chi connectivity index (χ0) is 24.2. The van der Waals surface area contributed by atoms with E-state index in [9.17, 15) is 9.90 Å². The Morgan fingerprint density at radius 2 is 1.91 bits per heavy atom. The van der Waals surface area contributed by atoms with Gasteiger partial charge in [0.2, 0.25) is 0 Å². The van der Waals surface area contributed by atoms with Crippen molar-refractivity contribution in [2.45, 2.75) is 32.7 Å². The lowest BCUT2D eigenvalue weighted by Gasteiger charge is -2.16. The smallest absolute Gasteiger partial charge is 0.162 e. The number of phenolic OH excluding ortho intramolecular Hbond substituents is 1. The summed E-state index contributed by atoms with van der Waals surface area (Å²) in [6.45, 7) is 5.13. The number of pyridine rings is 1. The van der Waals surface area contributed by atoms with Crippen LogP contribution in [0.5, 0.6) is 5.75 Å². The van der Waals surface area contributed by atoms with E-state index in [4.69, 9.17) is 0 Å². The van der Waals surface area contributed by atoms with E-state index in [2.05, 4.69) is 45.5 Å². The number of phenols is 1. The van der Waals surface area contributed by atoms with Crippen LogP contribution in [-0.2, 0) is 6.54 Å². The van der Waals surface area contributed by atoms with Crippen molar-refractivity contribution in [1.82, 2.24) is 9.88 Å². The molecule has 1 aliphatic rings. The molecule has 0 aliphatic carbocycles. The summed E-state index contributed by atoms with van der Waals surface area (Å²) in [5.41, 5.74) is 5.62. The average molecular weight is 466 g/mol. The van der Waals surface area contributed by atoms with Gasteiger partial charge in [0.25, 0.3) is 0 Å². The van der Waals surface area contributed by atoms with Gasteiger partial charge in [-0.05, 0) is 73.7 Å². The Labute approximate surface area is 206 Å². The number of carbonyl (C=O) groups excluding carboxylic acids is 1. The van der Waals surface area contributed by atoms with Gasteiger partial charge < -0.3 is 10.4 Å². The van der Waals surface area contributed by atoms with Crippen LogP contribution in [0.4, 0.5) is 11.4 Å². The number of nitrogens with zero attached hydrogens (tertiary/aromatic N) is 2. The molecule has 4 aromatic rings. The molecule has 5 nitrogen and oxygen atoms in total. The van der Waals surface area contributed by atoms with Crippen molar-refractivity contribution < 1.29 is 9.90 Å². The minimum Gasteiger partial charge on any atom is -0.508 e. The van der Waals surface area contributed by atoms with E-state index >= 15 is 0 Å². The summed E-state index contributed by atoms with van der Waals surface area (Å²) in [7, 11) is 0. The van der Waals surface area contributed by atoms with Crippen molar-refractivity contribution in [2.24, 2.45) is 5.92 Å². The van der Waals surface area contributed by atoms with E-state index in [1.165, 1.54) is 5.56 Å². The quantitative estimate of drug-likeness (QED) is 0.292. The lowest BCUT2D eigenvalue weighted by Crippen LogP contribution is -2.20. The molecule has 2 N–H and O–H groups in total. The molecule has 35 heavy (non-hydrogen) atoms. The first-order valence-corrected chi connectivity index (χ1v) is 12.3. The number of fused-ring (bicyclic) bond motifs is 1. The van der Waals surface area contributed by atoms with Crippen LogP contribution < -0.4 is 5.32 Å². The maximum Gasteiger partial charge on any atom is 0.162 e. The van der Waals surface area contributed by atoms with Crippen molar-refractivity contribution in [1.29, 1.82) is 0 Å². The summed E-state index contributed by atoms with van der Waals surface area (Å²) in [4.78, 5) is 20.1. The zero-order valence-electron chi connectivity index (χ0n) is 20.1. The molecule has 1 saturated heterocycles. The predicted molar refractivity (Wildman–Crippen MR) is 141 cm³/mol. The second kappa shape index (κ2) is 10.3. The highest BCUT2D eigenvalue weighted by Crippen LogP contribution is 2.30. The van der Waals surface area contributed by atoms with Gasteiger partial charge in [0.15, 0.2) is 5.78 Å². The SMILES string of the molecule is Cc1ccc(O)cc1Nc1ccnc2ccc(C(=O)CCC3CCN(Cc4ccccc4)C3)cc12. The monoisotopic (exact) mass is 465 g/mol. The molecule has 2 heterocycles.